The predicted molar refractivity (Wildman–Crippen MR) is 18.3 cm³/mol. The Labute approximate surface area is 67.3 Å². The molecule has 0 radical (unpaired) electrons. The molecule has 0 spiro atoms. The minimum Gasteiger partial charge on any atom is -1.00 e. The van der Waals surface area contributed by atoms with Crippen LogP contribution in [0.1, 0.15) is 0 Å². The fourth-order valence-corrected chi connectivity index (χ4v) is 0. The van der Waals surface area contributed by atoms with Gasteiger partial charge in [0, 0.05) is 0 Å². The molecule has 0 heterocycles. The number of rotatable bonds is 0. The summed E-state index contributed by atoms with van der Waals surface area (Å²) >= 11 is 0. The fraction of sp³-hybridized carbons (Fsp3) is 0. The summed E-state index contributed by atoms with van der Waals surface area (Å²) in [4.78, 5) is 0. The van der Waals surface area contributed by atoms with Crippen LogP contribution in [0, 0.1) is 0 Å². The molecule has 0 aromatic rings. The topological polar surface area (TPSA) is 35.0 Å². The third-order valence-corrected chi connectivity index (χ3v) is 0. The minimum atomic E-state index is 0. The first kappa shape index (κ1) is 491. The average Bonchev–Trinajstić information content (AvgIpc) is 0. The molecule has 0 amide bonds. The van der Waals surface area contributed by atoms with Crippen molar-refractivity contribution in [3.63, 3.8) is 0 Å². The predicted octanol–water partition coefficient (Wildman–Crippen LogP) is -5.75. The summed E-state index contributed by atoms with van der Waals surface area (Å²) in [5.41, 5.74) is 0. The average molecular weight is 155 g/mol. The first-order chi connectivity index (χ1) is 0. The Morgan fingerprint density at radius 2 is 0.571 bits per heavy atom. The maximum atomic E-state index is 0. The van der Waals surface area contributed by atoms with Gasteiger partial charge in [-0.2, -0.15) is 0 Å². The third-order valence-electron chi connectivity index (χ3n) is 0. The van der Waals surface area contributed by atoms with Gasteiger partial charge < -0.3 is 15.6 Å². The van der Waals surface area contributed by atoms with E-state index in [1.807, 2.05) is 0 Å². The Bertz CT molecular complexity index is 8.04. The summed E-state index contributed by atoms with van der Waals surface area (Å²) in [7, 11) is 0. The summed E-state index contributed by atoms with van der Waals surface area (Å²) < 4.78 is 0. The van der Waals surface area contributed by atoms with Crippen LogP contribution in [0.3, 0.4) is 0 Å². The van der Waals surface area contributed by atoms with Crippen LogP contribution in [0.5, 0.6) is 0 Å². The molecule has 0 aromatic heterocycles. The molecular formula is H6CaF5N. The Balaban J connectivity index is 0. The largest absolute Gasteiger partial charge is 2.00 e. The van der Waals surface area contributed by atoms with Crippen LogP contribution in [-0.2, 0) is 0 Å². The molecule has 0 saturated carbocycles. The molecule has 7 heavy (non-hydrogen) atoms. The van der Waals surface area contributed by atoms with Crippen LogP contribution >= 0.6 is 0 Å². The van der Waals surface area contributed by atoms with Gasteiger partial charge in [0.05, 0.1) is 0 Å². The summed E-state index contributed by atoms with van der Waals surface area (Å²) in [5, 5.41) is 0. The van der Waals surface area contributed by atoms with Gasteiger partial charge in [-0.25, -0.2) is 0 Å². The molecule has 0 atom stereocenters. The molecule has 0 aliphatic carbocycles. The zero-order valence-corrected chi connectivity index (χ0v) is 5.60. The van der Waals surface area contributed by atoms with Crippen molar-refractivity contribution in [1.82, 2.24) is 6.15 Å². The van der Waals surface area contributed by atoms with E-state index in [2.05, 4.69) is 0 Å². The molecular weight excluding hydrogens is 149 g/mol. The second-order valence-electron chi connectivity index (χ2n) is 0. The molecule has 0 rings (SSSR count). The zero-order chi connectivity index (χ0) is 0. The van der Waals surface area contributed by atoms with Crippen molar-refractivity contribution in [3.05, 3.63) is 0 Å². The van der Waals surface area contributed by atoms with Crippen molar-refractivity contribution in [3.8, 4) is 0 Å². The molecule has 0 bridgehead atoms. The number of hydrogen-bond acceptors (Lipinski definition) is 1. The Morgan fingerprint density at radius 1 is 0.571 bits per heavy atom. The van der Waals surface area contributed by atoms with Gasteiger partial charge in [-0.3, -0.25) is 14.1 Å². The Hall–Kier alpha value is 0.870. The standard InChI is InChI=1S/Ca.5FH.H3N/h;5*1H;1H3/q+2;;;;;;/p-2. The maximum Gasteiger partial charge on any atom is 2.00 e. The quantitative estimate of drug-likeness (QED) is 0.274. The number of hydrogen-bond donors (Lipinski definition) is 1. The van der Waals surface area contributed by atoms with Crippen LogP contribution in [-0.4, -0.2) is 37.7 Å². The van der Waals surface area contributed by atoms with E-state index in [4.69, 9.17) is 0 Å². The van der Waals surface area contributed by atoms with E-state index in [1.165, 1.54) is 0 Å². The van der Waals surface area contributed by atoms with Crippen molar-refractivity contribution in [2.75, 3.05) is 0 Å². The van der Waals surface area contributed by atoms with Crippen molar-refractivity contribution >= 4 is 37.7 Å². The van der Waals surface area contributed by atoms with E-state index in [-0.39, 0.29) is 67.4 Å². The van der Waals surface area contributed by atoms with Gasteiger partial charge in [-0.05, 0) is 0 Å². The molecule has 0 saturated heterocycles. The first-order valence-electron chi connectivity index (χ1n) is 0. The second kappa shape index (κ2) is 313. The van der Waals surface area contributed by atoms with Gasteiger partial charge in [-0.1, -0.05) is 0 Å². The van der Waals surface area contributed by atoms with E-state index in [0.29, 0.717) is 0 Å². The minimum absolute atomic E-state index is 0. The molecule has 48 valence electrons. The fourth-order valence-electron chi connectivity index (χ4n) is 0. The maximum absolute atomic E-state index is 0. The summed E-state index contributed by atoms with van der Waals surface area (Å²) in [6.45, 7) is 0. The zero-order valence-electron chi connectivity index (χ0n) is 3.39. The normalized spacial score (nSPS) is 0. The SMILES string of the molecule is F.F.F.N.[Ca+2].[F-].[F-]. The summed E-state index contributed by atoms with van der Waals surface area (Å²) in [5.74, 6) is 0. The van der Waals surface area contributed by atoms with Gasteiger partial charge in [-0.15, -0.1) is 0 Å². The molecule has 0 unspecified atom stereocenters. The molecule has 0 aliphatic heterocycles. The van der Waals surface area contributed by atoms with Gasteiger partial charge in [0.15, 0.2) is 0 Å². The third kappa shape index (κ3) is 215. The van der Waals surface area contributed by atoms with E-state index in [1.54, 1.807) is 0 Å². The van der Waals surface area contributed by atoms with Crippen molar-refractivity contribution in [1.29, 1.82) is 0 Å². The van der Waals surface area contributed by atoms with Gasteiger partial charge in [0.25, 0.3) is 0 Å². The smallest absolute Gasteiger partial charge is 1.00 e. The molecule has 7 heteroatoms. The van der Waals surface area contributed by atoms with Crippen molar-refractivity contribution in [2.24, 2.45) is 0 Å². The van der Waals surface area contributed by atoms with Crippen molar-refractivity contribution < 1.29 is 23.5 Å². The van der Waals surface area contributed by atoms with Gasteiger partial charge in [0.1, 0.15) is 0 Å². The van der Waals surface area contributed by atoms with E-state index >= 15 is 0 Å². The van der Waals surface area contributed by atoms with Crippen LogP contribution < -0.4 is 15.6 Å². The monoisotopic (exact) mass is 155 g/mol. The Morgan fingerprint density at radius 3 is 0.571 bits per heavy atom. The van der Waals surface area contributed by atoms with Crippen LogP contribution in [0.4, 0.5) is 14.1 Å². The van der Waals surface area contributed by atoms with Crippen LogP contribution in [0.15, 0.2) is 0 Å². The van der Waals surface area contributed by atoms with E-state index in [0.717, 1.165) is 0 Å². The van der Waals surface area contributed by atoms with E-state index in [9.17, 15) is 0 Å². The molecule has 1 nitrogen and oxygen atoms in total. The second-order valence-corrected chi connectivity index (χ2v) is 0. The summed E-state index contributed by atoms with van der Waals surface area (Å²) in [6.07, 6.45) is 0. The molecule has 0 aliphatic rings. The molecule has 0 aromatic carbocycles. The summed E-state index contributed by atoms with van der Waals surface area (Å²) in [6, 6.07) is 0. The van der Waals surface area contributed by atoms with Gasteiger partial charge in [0.2, 0.25) is 0 Å². The van der Waals surface area contributed by atoms with Crippen LogP contribution in [0.25, 0.3) is 0 Å². The molecule has 3 N–H and O–H groups in total. The van der Waals surface area contributed by atoms with E-state index < -0.39 is 0 Å². The Kier molecular flexibility index (Phi) is 21900. The first-order valence-corrected chi connectivity index (χ1v) is 0. The number of halogens is 5. The van der Waals surface area contributed by atoms with Crippen molar-refractivity contribution in [2.45, 2.75) is 0 Å². The van der Waals surface area contributed by atoms with Crippen LogP contribution in [0.2, 0.25) is 0 Å². The molecule has 0 fully saturated rings. The van der Waals surface area contributed by atoms with Gasteiger partial charge >= 0.3 is 37.7 Å².